The van der Waals surface area contributed by atoms with Gasteiger partial charge in [-0.2, -0.15) is 0 Å². The normalized spacial score (nSPS) is 12.3. The maximum Gasteiger partial charge on any atom is 0.257 e. The summed E-state index contributed by atoms with van der Waals surface area (Å²) in [5.41, 5.74) is 2.17. The number of oxazole rings is 1. The number of nitrogens with zero attached hydrogens (tertiary/aromatic N) is 2. The van der Waals surface area contributed by atoms with E-state index < -0.39 is 0 Å². The molecule has 4 nitrogen and oxygen atoms in total. The Balaban J connectivity index is 1.63. The summed E-state index contributed by atoms with van der Waals surface area (Å²) in [5, 5.41) is 0.998. The smallest absolute Gasteiger partial charge is 0.257 e. The molecule has 25 heavy (non-hydrogen) atoms. The molecule has 0 saturated heterocycles. The molecule has 3 aromatic rings. The minimum absolute atomic E-state index is 0.0675. The van der Waals surface area contributed by atoms with Gasteiger partial charge in [-0.05, 0) is 36.8 Å². The zero-order valence-corrected chi connectivity index (χ0v) is 15.3. The first-order chi connectivity index (χ1) is 11.9. The largest absolute Gasteiger partial charge is 0.431 e. The van der Waals surface area contributed by atoms with Crippen LogP contribution in [0.2, 0.25) is 5.02 Å². The van der Waals surface area contributed by atoms with Crippen molar-refractivity contribution in [2.45, 2.75) is 18.2 Å². The molecule has 0 saturated carbocycles. The first-order valence-electron chi connectivity index (χ1n) is 7.64. The molecule has 1 unspecified atom stereocenters. The number of carbonyl (C=O) groups excluding carboxylic acids is 1. The van der Waals surface area contributed by atoms with Crippen molar-refractivity contribution in [2.24, 2.45) is 0 Å². The van der Waals surface area contributed by atoms with E-state index in [-0.39, 0.29) is 23.5 Å². The van der Waals surface area contributed by atoms with Crippen molar-refractivity contribution >= 4 is 40.4 Å². The number of carbonyl (C=O) groups is 1. The highest BCUT2D eigenvalue weighted by Gasteiger charge is 2.18. The van der Waals surface area contributed by atoms with E-state index in [1.807, 2.05) is 6.92 Å². The van der Waals surface area contributed by atoms with Crippen molar-refractivity contribution in [1.29, 1.82) is 0 Å². The molecule has 0 radical (unpaired) electrons. The average molecular weight is 379 g/mol. The van der Waals surface area contributed by atoms with Crippen molar-refractivity contribution in [2.75, 3.05) is 12.8 Å². The van der Waals surface area contributed by atoms with Crippen molar-refractivity contribution in [1.82, 2.24) is 9.88 Å². The number of thioether (sulfide) groups is 1. The molecule has 3 rings (SSSR count). The SMILES string of the molecule is CC(c1ccc(F)cc1)N(C)C(=O)CSc1nc2ccc(Cl)cc2o1. The van der Waals surface area contributed by atoms with E-state index in [1.165, 1.54) is 23.9 Å². The summed E-state index contributed by atoms with van der Waals surface area (Å²) in [6.45, 7) is 1.90. The zero-order chi connectivity index (χ0) is 18.0. The molecule has 130 valence electrons. The molecule has 0 aliphatic heterocycles. The number of fused-ring (bicyclic) bond motifs is 1. The number of rotatable bonds is 5. The molecule has 1 atom stereocenters. The van der Waals surface area contributed by atoms with Crippen LogP contribution in [0.25, 0.3) is 11.1 Å². The monoisotopic (exact) mass is 378 g/mol. The summed E-state index contributed by atoms with van der Waals surface area (Å²) < 4.78 is 18.6. The lowest BCUT2D eigenvalue weighted by Gasteiger charge is -2.25. The van der Waals surface area contributed by atoms with Crippen LogP contribution in [0.5, 0.6) is 0 Å². The molecule has 0 aliphatic rings. The van der Waals surface area contributed by atoms with Gasteiger partial charge < -0.3 is 9.32 Å². The third-order valence-corrected chi connectivity index (χ3v) is 5.02. The second-order valence-corrected chi connectivity index (χ2v) is 6.98. The van der Waals surface area contributed by atoms with Crippen molar-refractivity contribution in [3.8, 4) is 0 Å². The molecule has 0 fully saturated rings. The van der Waals surface area contributed by atoms with Gasteiger partial charge in [0.1, 0.15) is 11.3 Å². The van der Waals surface area contributed by atoms with Crippen LogP contribution >= 0.6 is 23.4 Å². The van der Waals surface area contributed by atoms with E-state index in [2.05, 4.69) is 4.98 Å². The van der Waals surface area contributed by atoms with Gasteiger partial charge in [0, 0.05) is 18.1 Å². The molecule has 0 spiro atoms. The van der Waals surface area contributed by atoms with Gasteiger partial charge >= 0.3 is 0 Å². The predicted molar refractivity (Wildman–Crippen MR) is 97.3 cm³/mol. The van der Waals surface area contributed by atoms with Crippen LogP contribution in [0.15, 0.2) is 52.1 Å². The number of amides is 1. The Kier molecular flexibility index (Phi) is 5.30. The van der Waals surface area contributed by atoms with E-state index in [9.17, 15) is 9.18 Å². The van der Waals surface area contributed by atoms with Crippen LogP contribution in [-0.4, -0.2) is 28.6 Å². The van der Waals surface area contributed by atoms with E-state index in [4.69, 9.17) is 16.0 Å². The Labute approximate surface area is 154 Å². The summed E-state index contributed by atoms with van der Waals surface area (Å²) in [7, 11) is 1.72. The van der Waals surface area contributed by atoms with Gasteiger partial charge in [0.25, 0.3) is 5.22 Å². The number of hydrogen-bond acceptors (Lipinski definition) is 4. The van der Waals surface area contributed by atoms with E-state index >= 15 is 0 Å². The van der Waals surface area contributed by atoms with Crippen LogP contribution in [0.4, 0.5) is 4.39 Å². The zero-order valence-electron chi connectivity index (χ0n) is 13.7. The van der Waals surface area contributed by atoms with Gasteiger partial charge in [-0.25, -0.2) is 9.37 Å². The maximum absolute atomic E-state index is 13.0. The first kappa shape index (κ1) is 17.8. The predicted octanol–water partition coefficient (Wildman–Crippen LogP) is 4.93. The highest BCUT2D eigenvalue weighted by Crippen LogP contribution is 2.27. The fourth-order valence-electron chi connectivity index (χ4n) is 2.35. The molecule has 7 heteroatoms. The average Bonchev–Trinajstić information content (AvgIpc) is 3.01. The number of aromatic nitrogens is 1. The van der Waals surface area contributed by atoms with Gasteiger partial charge in [-0.15, -0.1) is 0 Å². The van der Waals surface area contributed by atoms with Crippen molar-refractivity contribution in [3.05, 3.63) is 58.9 Å². The Morgan fingerprint density at radius 2 is 2.04 bits per heavy atom. The molecule has 0 N–H and O–H groups in total. The highest BCUT2D eigenvalue weighted by molar-refractivity contribution is 7.99. The lowest BCUT2D eigenvalue weighted by molar-refractivity contribution is -0.128. The third kappa shape index (κ3) is 4.14. The summed E-state index contributed by atoms with van der Waals surface area (Å²) in [4.78, 5) is 18.4. The van der Waals surface area contributed by atoms with Crippen LogP contribution in [0.1, 0.15) is 18.5 Å². The number of halogens is 2. The van der Waals surface area contributed by atoms with E-state index in [1.54, 1.807) is 42.3 Å². The number of benzene rings is 2. The maximum atomic E-state index is 13.0. The van der Waals surface area contributed by atoms with E-state index in [0.29, 0.717) is 21.3 Å². The lowest BCUT2D eigenvalue weighted by Crippen LogP contribution is -2.31. The van der Waals surface area contributed by atoms with Crippen molar-refractivity contribution < 1.29 is 13.6 Å². The van der Waals surface area contributed by atoms with Gasteiger partial charge in [0.15, 0.2) is 5.58 Å². The lowest BCUT2D eigenvalue weighted by atomic mass is 10.1. The summed E-state index contributed by atoms with van der Waals surface area (Å²) in [6.07, 6.45) is 0. The minimum atomic E-state index is -0.295. The second-order valence-electron chi connectivity index (χ2n) is 5.61. The molecule has 1 amide bonds. The molecular weight excluding hydrogens is 363 g/mol. The second kappa shape index (κ2) is 7.45. The Bertz CT molecular complexity index is 898. The van der Waals surface area contributed by atoms with Gasteiger partial charge in [-0.3, -0.25) is 4.79 Å². The van der Waals surface area contributed by atoms with Crippen molar-refractivity contribution in [3.63, 3.8) is 0 Å². The molecule has 1 aromatic heterocycles. The van der Waals surface area contributed by atoms with Gasteiger partial charge in [0.05, 0.1) is 11.8 Å². The summed E-state index contributed by atoms with van der Waals surface area (Å²) >= 11 is 7.15. The fraction of sp³-hybridized carbons (Fsp3) is 0.222. The quantitative estimate of drug-likeness (QED) is 0.590. The topological polar surface area (TPSA) is 46.3 Å². The van der Waals surface area contributed by atoms with Crippen LogP contribution in [0, 0.1) is 5.82 Å². The minimum Gasteiger partial charge on any atom is -0.431 e. The highest BCUT2D eigenvalue weighted by atomic mass is 35.5. The fourth-order valence-corrected chi connectivity index (χ4v) is 3.27. The standard InChI is InChI=1S/C18H16ClFN2O2S/c1-11(12-3-6-14(20)7-4-12)22(2)17(23)10-25-18-21-15-8-5-13(19)9-16(15)24-18/h3-9,11H,10H2,1-2H3. The Morgan fingerprint density at radius 3 is 2.76 bits per heavy atom. The van der Waals surface area contributed by atoms with Gasteiger partial charge in [-0.1, -0.05) is 35.5 Å². The molecule has 0 aliphatic carbocycles. The first-order valence-corrected chi connectivity index (χ1v) is 9.00. The van der Waals surface area contributed by atoms with Crippen LogP contribution < -0.4 is 0 Å². The summed E-state index contributed by atoms with van der Waals surface area (Å²) in [5.74, 6) is -0.165. The van der Waals surface area contributed by atoms with Crippen LogP contribution in [-0.2, 0) is 4.79 Å². The molecular formula is C18H16ClFN2O2S. The number of hydrogen-bond donors (Lipinski definition) is 0. The Morgan fingerprint density at radius 1 is 1.32 bits per heavy atom. The van der Waals surface area contributed by atoms with E-state index in [0.717, 1.165) is 5.56 Å². The van der Waals surface area contributed by atoms with Gasteiger partial charge in [0.2, 0.25) is 5.91 Å². The molecule has 0 bridgehead atoms. The third-order valence-electron chi connectivity index (χ3n) is 3.98. The Hall–Kier alpha value is -2.05. The van der Waals surface area contributed by atoms with Crippen LogP contribution in [0.3, 0.4) is 0 Å². The molecule has 1 heterocycles. The summed E-state index contributed by atoms with van der Waals surface area (Å²) in [6, 6.07) is 11.2. The molecule has 2 aromatic carbocycles.